The molecule has 0 atom stereocenters. The standard InChI is InChI=1S/C27H19BrO.C27H17Br.C15H10O.C12H8Br2.CH4/c28-26-16-8-4-12-22(26)21-11-3-7-15-25(21)27(29)23-13-5-1-9-19(23)17-18-20-10-2-6-14-24(20)27;28-25-15-7-14-24-26(25)20-10-3-6-13-23(20)27(24)21-11-4-1-8-18(21)16-17-19-9-2-5-12-22(19)27;16-15-13-7-3-1-5-11(13)9-10-12-6-2-4-8-14(12)15;13-11-7-3-1-5-9(11)10-6-2-4-8-12(10)14;/h1-18,29H;1-17H;1-10H;1-8H;1H4. The van der Waals surface area contributed by atoms with Crippen molar-refractivity contribution >= 4 is 110 Å². The maximum absolute atomic E-state index is 12.5. The van der Waals surface area contributed by atoms with Gasteiger partial charge in [-0.25, -0.2) is 0 Å². The van der Waals surface area contributed by atoms with E-state index in [-0.39, 0.29) is 18.3 Å². The quantitative estimate of drug-likeness (QED) is 0.191. The van der Waals surface area contributed by atoms with Crippen molar-refractivity contribution in [3.8, 4) is 33.4 Å². The molecule has 13 aromatic rings. The van der Waals surface area contributed by atoms with E-state index >= 15 is 0 Å². The van der Waals surface area contributed by atoms with Gasteiger partial charge in [0.2, 0.25) is 0 Å². The van der Waals surface area contributed by atoms with Crippen LogP contribution in [0.1, 0.15) is 68.6 Å². The molecule has 3 aliphatic rings. The molecule has 88 heavy (non-hydrogen) atoms. The van der Waals surface area contributed by atoms with Gasteiger partial charge in [0.25, 0.3) is 0 Å². The molecule has 0 saturated heterocycles. The van der Waals surface area contributed by atoms with Crippen molar-refractivity contribution in [3.63, 3.8) is 0 Å². The van der Waals surface area contributed by atoms with Crippen molar-refractivity contribution in [2.45, 2.75) is 18.4 Å². The first-order valence-electron chi connectivity index (χ1n) is 28.8. The fourth-order valence-electron chi connectivity index (χ4n) is 12.8. The summed E-state index contributed by atoms with van der Waals surface area (Å²) in [4.78, 5) is 12.3. The molecule has 13 aromatic carbocycles. The smallest absolute Gasteiger partial charge is 0.194 e. The molecule has 0 aliphatic heterocycles. The lowest BCUT2D eigenvalue weighted by molar-refractivity contribution is 0.126. The van der Waals surface area contributed by atoms with Crippen molar-refractivity contribution in [2.75, 3.05) is 0 Å². The van der Waals surface area contributed by atoms with Crippen LogP contribution < -0.4 is 5.43 Å². The van der Waals surface area contributed by atoms with Crippen molar-refractivity contribution in [3.05, 3.63) is 387 Å². The van der Waals surface area contributed by atoms with Gasteiger partial charge in [0, 0.05) is 39.8 Å². The van der Waals surface area contributed by atoms with Crippen molar-refractivity contribution in [1.29, 1.82) is 0 Å². The highest BCUT2D eigenvalue weighted by atomic mass is 79.9. The highest BCUT2D eigenvalue weighted by molar-refractivity contribution is 9.11. The number of aliphatic hydroxyl groups is 1. The number of hydrogen-bond acceptors (Lipinski definition) is 2. The second-order valence-corrected chi connectivity index (χ2v) is 24.9. The third-order valence-electron chi connectivity index (χ3n) is 16.7. The average molecular weight is 1390 g/mol. The Hall–Kier alpha value is -8.59. The molecule has 0 saturated carbocycles. The lowest BCUT2D eigenvalue weighted by Crippen LogP contribution is -2.31. The van der Waals surface area contributed by atoms with Gasteiger partial charge in [-0.1, -0.05) is 368 Å². The maximum atomic E-state index is 12.5. The first-order valence-corrected chi connectivity index (χ1v) is 31.9. The van der Waals surface area contributed by atoms with Gasteiger partial charge < -0.3 is 5.11 Å². The Morgan fingerprint density at radius 1 is 0.261 bits per heavy atom. The Kier molecular flexibility index (Phi) is 17.7. The molecule has 0 heterocycles. The van der Waals surface area contributed by atoms with E-state index in [2.05, 4.69) is 228 Å². The summed E-state index contributed by atoms with van der Waals surface area (Å²) in [5, 5.41) is 16.0. The van der Waals surface area contributed by atoms with Crippen LogP contribution in [0.4, 0.5) is 0 Å². The zero-order chi connectivity index (χ0) is 59.5. The highest BCUT2D eigenvalue weighted by Gasteiger charge is 2.49. The van der Waals surface area contributed by atoms with Gasteiger partial charge in [-0.2, -0.15) is 0 Å². The minimum Gasteiger partial charge on any atom is -0.376 e. The van der Waals surface area contributed by atoms with E-state index in [1.807, 2.05) is 158 Å². The molecule has 426 valence electrons. The van der Waals surface area contributed by atoms with E-state index in [9.17, 15) is 9.90 Å². The van der Waals surface area contributed by atoms with Gasteiger partial charge in [0.15, 0.2) is 5.43 Å². The van der Waals surface area contributed by atoms with E-state index in [0.717, 1.165) is 78.4 Å². The van der Waals surface area contributed by atoms with Gasteiger partial charge in [-0.3, -0.25) is 4.79 Å². The minimum atomic E-state index is -1.28. The largest absolute Gasteiger partial charge is 0.376 e. The Labute approximate surface area is 548 Å². The van der Waals surface area contributed by atoms with Gasteiger partial charge in [0.1, 0.15) is 5.60 Å². The van der Waals surface area contributed by atoms with Crippen LogP contribution in [0.2, 0.25) is 0 Å². The van der Waals surface area contributed by atoms with Crippen LogP contribution in [0, 0.1) is 0 Å². The zero-order valence-electron chi connectivity index (χ0n) is 47.0. The number of benzene rings is 12. The van der Waals surface area contributed by atoms with E-state index in [4.69, 9.17) is 0 Å². The number of rotatable bonds is 3. The van der Waals surface area contributed by atoms with Crippen molar-refractivity contribution in [2.24, 2.45) is 0 Å². The molecule has 0 radical (unpaired) electrons. The summed E-state index contributed by atoms with van der Waals surface area (Å²) in [6.07, 6.45) is 8.71. The first kappa shape index (κ1) is 59.7. The Balaban J connectivity index is 0.000000119. The van der Waals surface area contributed by atoms with E-state index in [1.54, 1.807) is 0 Å². The van der Waals surface area contributed by atoms with Gasteiger partial charge in [-0.05, 0) is 118 Å². The number of halogens is 4. The predicted octanol–water partition coefficient (Wildman–Crippen LogP) is 23.0. The molecule has 6 heteroatoms. The van der Waals surface area contributed by atoms with Crippen LogP contribution in [0.25, 0.3) is 79.2 Å². The number of hydrogen-bond donors (Lipinski definition) is 1. The Bertz CT molecular complexity index is 4680. The highest BCUT2D eigenvalue weighted by Crippen LogP contribution is 2.60. The summed E-state index contributed by atoms with van der Waals surface area (Å²) in [6.45, 7) is 0. The first-order chi connectivity index (χ1) is 42.7. The van der Waals surface area contributed by atoms with Crippen LogP contribution in [0.3, 0.4) is 0 Å². The molecular weight excluding hydrogens is 1340 g/mol. The molecule has 0 aromatic heterocycles. The van der Waals surface area contributed by atoms with Gasteiger partial charge in [0.05, 0.1) is 5.41 Å². The molecule has 1 spiro atoms. The normalized spacial score (nSPS) is 12.9. The summed E-state index contributed by atoms with van der Waals surface area (Å²) < 4.78 is 4.39. The summed E-state index contributed by atoms with van der Waals surface area (Å²) in [5.74, 6) is 0. The van der Waals surface area contributed by atoms with Crippen LogP contribution in [0.15, 0.2) is 320 Å². The molecule has 3 aliphatic carbocycles. The third kappa shape index (κ3) is 10.9. The van der Waals surface area contributed by atoms with Crippen LogP contribution >= 0.6 is 63.7 Å². The Morgan fingerprint density at radius 3 is 1.02 bits per heavy atom. The van der Waals surface area contributed by atoms with Crippen LogP contribution in [0.5, 0.6) is 0 Å². The molecule has 0 bridgehead atoms. The fourth-order valence-corrected chi connectivity index (χ4v) is 14.9. The lowest BCUT2D eigenvalue weighted by atomic mass is 9.66. The monoisotopic (exact) mass is 1390 g/mol. The fraction of sp³-hybridized carbons (Fsp3) is 0.0366. The molecule has 0 amide bonds. The SMILES string of the molecule is Brc1cccc2c1-c1ccccc1C21c2ccccc2C=Cc2ccccc21.Brc1ccccc1-c1ccccc1Br.C.O=c1c2ccccc2ccc2ccccc12.OC1(c2ccccc2-c2ccccc2Br)c2ccccc2C=Cc2ccccc21. The lowest BCUT2D eigenvalue weighted by Gasteiger charge is -2.35. The van der Waals surface area contributed by atoms with Crippen molar-refractivity contribution in [1.82, 2.24) is 0 Å². The summed E-state index contributed by atoms with van der Waals surface area (Å²) >= 11 is 14.6. The molecule has 0 fully saturated rings. The van der Waals surface area contributed by atoms with Crippen molar-refractivity contribution < 1.29 is 5.11 Å². The van der Waals surface area contributed by atoms with E-state index < -0.39 is 5.60 Å². The molecule has 0 unspecified atom stereocenters. The van der Waals surface area contributed by atoms with Crippen LogP contribution in [-0.2, 0) is 11.0 Å². The molecule has 2 nitrogen and oxygen atoms in total. The minimum absolute atomic E-state index is 0. The van der Waals surface area contributed by atoms with Gasteiger partial charge >= 0.3 is 0 Å². The topological polar surface area (TPSA) is 37.3 Å². The number of fused-ring (bicyclic) bond motifs is 13. The summed E-state index contributed by atoms with van der Waals surface area (Å²) in [7, 11) is 0. The summed E-state index contributed by atoms with van der Waals surface area (Å²) in [6, 6.07) is 101. The summed E-state index contributed by atoms with van der Waals surface area (Å²) in [5.41, 5.74) is 18.3. The maximum Gasteiger partial charge on any atom is 0.194 e. The van der Waals surface area contributed by atoms with E-state index in [1.165, 1.54) is 55.6 Å². The third-order valence-corrected chi connectivity index (χ3v) is 19.4. The molecule has 16 rings (SSSR count). The zero-order valence-corrected chi connectivity index (χ0v) is 53.3. The second kappa shape index (κ2) is 26.0. The molecule has 1 N–H and O–H groups in total. The molecular formula is C82H58Br4O2. The van der Waals surface area contributed by atoms with E-state index in [0.29, 0.717) is 0 Å². The Morgan fingerprint density at radius 2 is 0.568 bits per heavy atom. The van der Waals surface area contributed by atoms with Crippen LogP contribution in [-0.4, -0.2) is 5.11 Å². The van der Waals surface area contributed by atoms with Gasteiger partial charge in [-0.15, -0.1) is 0 Å². The second-order valence-electron chi connectivity index (χ2n) is 21.5. The predicted molar refractivity (Wildman–Crippen MR) is 386 cm³/mol. The average Bonchev–Trinajstić information content (AvgIpc) is 1.52.